The van der Waals surface area contributed by atoms with Gasteiger partial charge in [-0.05, 0) is 24.3 Å². The normalized spacial score (nSPS) is 12.5. The predicted molar refractivity (Wildman–Crippen MR) is 97.8 cm³/mol. The van der Waals surface area contributed by atoms with Crippen LogP contribution in [0.1, 0.15) is 16.1 Å². The number of aliphatic hydroxyl groups excluding tert-OH is 1. The molecule has 3 rings (SSSR count). The Morgan fingerprint density at radius 2 is 2.00 bits per heavy atom. The Labute approximate surface area is 163 Å². The SMILES string of the molecule is N#C/C(=C(/O)c1cc([N+](=O)[O-])ccc1Cl)c1nc2cc(C(F)(F)F)ccc2s1. The summed E-state index contributed by atoms with van der Waals surface area (Å²) in [5.41, 5.74) is -1.78. The van der Waals surface area contributed by atoms with Gasteiger partial charge in [0.05, 0.1) is 25.7 Å². The summed E-state index contributed by atoms with van der Waals surface area (Å²) in [6, 6.07) is 7.97. The van der Waals surface area contributed by atoms with E-state index in [4.69, 9.17) is 11.6 Å². The molecular weight excluding hydrogens is 419 g/mol. The Hall–Kier alpha value is -3.16. The number of aromatic nitrogens is 1. The van der Waals surface area contributed by atoms with Crippen molar-refractivity contribution < 1.29 is 23.2 Å². The zero-order valence-electron chi connectivity index (χ0n) is 13.5. The van der Waals surface area contributed by atoms with Crippen LogP contribution < -0.4 is 0 Å². The van der Waals surface area contributed by atoms with Crippen LogP contribution in [0.3, 0.4) is 0 Å². The number of fused-ring (bicyclic) bond motifs is 1. The fraction of sp³-hybridized carbons (Fsp3) is 0.0588. The molecule has 6 nitrogen and oxygen atoms in total. The monoisotopic (exact) mass is 425 g/mol. The second kappa shape index (κ2) is 7.10. The molecule has 0 spiro atoms. The van der Waals surface area contributed by atoms with Gasteiger partial charge in [-0.1, -0.05) is 11.6 Å². The van der Waals surface area contributed by atoms with Gasteiger partial charge in [0.15, 0.2) is 0 Å². The Kier molecular flexibility index (Phi) is 4.97. The van der Waals surface area contributed by atoms with Crippen LogP contribution in [-0.2, 0) is 6.18 Å². The van der Waals surface area contributed by atoms with Crippen molar-refractivity contribution in [2.24, 2.45) is 0 Å². The second-order valence-corrected chi connectivity index (χ2v) is 6.89. The van der Waals surface area contributed by atoms with Gasteiger partial charge in [0.2, 0.25) is 0 Å². The quantitative estimate of drug-likeness (QED) is 0.246. The molecule has 0 aliphatic carbocycles. The number of hydrogen-bond donors (Lipinski definition) is 1. The summed E-state index contributed by atoms with van der Waals surface area (Å²) in [5.74, 6) is -0.661. The van der Waals surface area contributed by atoms with Gasteiger partial charge in [-0.2, -0.15) is 18.4 Å². The maximum Gasteiger partial charge on any atom is 0.416 e. The zero-order chi connectivity index (χ0) is 20.6. The molecule has 0 bridgehead atoms. The van der Waals surface area contributed by atoms with Crippen LogP contribution in [0.4, 0.5) is 18.9 Å². The van der Waals surface area contributed by atoms with Crippen LogP contribution in [0.15, 0.2) is 36.4 Å². The van der Waals surface area contributed by atoms with Gasteiger partial charge in [0.1, 0.15) is 22.4 Å². The van der Waals surface area contributed by atoms with Crippen molar-refractivity contribution in [3.05, 3.63) is 67.7 Å². The first-order valence-electron chi connectivity index (χ1n) is 7.37. The molecule has 0 fully saturated rings. The highest BCUT2D eigenvalue weighted by molar-refractivity contribution is 7.19. The fourth-order valence-electron chi connectivity index (χ4n) is 2.36. The molecule has 1 heterocycles. The van der Waals surface area contributed by atoms with Crippen LogP contribution in [-0.4, -0.2) is 15.0 Å². The molecule has 28 heavy (non-hydrogen) atoms. The number of thiazole rings is 1. The van der Waals surface area contributed by atoms with Gasteiger partial charge in [0, 0.05) is 17.7 Å². The molecule has 0 saturated heterocycles. The second-order valence-electron chi connectivity index (χ2n) is 5.46. The van der Waals surface area contributed by atoms with E-state index in [1.165, 1.54) is 12.1 Å². The lowest BCUT2D eigenvalue weighted by Crippen LogP contribution is -2.03. The third-order valence-corrected chi connectivity index (χ3v) is 5.08. The highest BCUT2D eigenvalue weighted by Gasteiger charge is 2.31. The van der Waals surface area contributed by atoms with Crippen LogP contribution in [0.5, 0.6) is 0 Å². The summed E-state index contributed by atoms with van der Waals surface area (Å²) in [6.07, 6.45) is -4.55. The van der Waals surface area contributed by atoms with Gasteiger partial charge >= 0.3 is 6.18 Å². The first kappa shape index (κ1) is 19.6. The molecule has 0 unspecified atom stereocenters. The number of rotatable bonds is 3. The minimum Gasteiger partial charge on any atom is -0.506 e. The molecule has 142 valence electrons. The number of benzene rings is 2. The Morgan fingerprint density at radius 1 is 1.29 bits per heavy atom. The van der Waals surface area contributed by atoms with Crippen molar-refractivity contribution in [2.45, 2.75) is 6.18 Å². The summed E-state index contributed by atoms with van der Waals surface area (Å²) >= 11 is 6.86. The topological polar surface area (TPSA) is 100 Å². The Bertz CT molecular complexity index is 1180. The lowest BCUT2D eigenvalue weighted by atomic mass is 10.1. The number of hydrogen-bond acceptors (Lipinski definition) is 6. The molecule has 0 atom stereocenters. The zero-order valence-corrected chi connectivity index (χ0v) is 15.1. The van der Waals surface area contributed by atoms with Gasteiger partial charge < -0.3 is 5.11 Å². The number of nitro benzene ring substituents is 1. The van der Waals surface area contributed by atoms with Crippen molar-refractivity contribution in [3.63, 3.8) is 0 Å². The number of non-ortho nitro benzene ring substituents is 1. The molecule has 1 N–H and O–H groups in total. The first-order chi connectivity index (χ1) is 13.1. The van der Waals surface area contributed by atoms with E-state index < -0.39 is 22.4 Å². The third kappa shape index (κ3) is 3.62. The minimum atomic E-state index is -4.55. The van der Waals surface area contributed by atoms with Crippen molar-refractivity contribution in [2.75, 3.05) is 0 Å². The van der Waals surface area contributed by atoms with E-state index in [0.717, 1.165) is 35.6 Å². The molecule has 11 heteroatoms. The molecule has 2 aromatic carbocycles. The van der Waals surface area contributed by atoms with Crippen LogP contribution >= 0.6 is 22.9 Å². The highest BCUT2D eigenvalue weighted by Crippen LogP contribution is 2.37. The molecule has 3 aromatic rings. The van der Waals surface area contributed by atoms with Gasteiger partial charge in [-0.25, -0.2) is 4.98 Å². The summed E-state index contributed by atoms with van der Waals surface area (Å²) in [6.45, 7) is 0. The van der Waals surface area contributed by atoms with E-state index in [9.17, 15) is 33.7 Å². The number of alkyl halides is 3. The average molecular weight is 426 g/mol. The van der Waals surface area contributed by atoms with E-state index in [2.05, 4.69) is 4.98 Å². The summed E-state index contributed by atoms with van der Waals surface area (Å²) in [5, 5.41) is 30.7. The minimum absolute atomic E-state index is 0.000476. The number of nitro groups is 1. The average Bonchev–Trinajstić information content (AvgIpc) is 3.04. The molecule has 0 saturated carbocycles. The number of allylic oxidation sites excluding steroid dienone is 1. The van der Waals surface area contributed by atoms with Gasteiger partial charge in [0.25, 0.3) is 5.69 Å². The highest BCUT2D eigenvalue weighted by atomic mass is 35.5. The number of aliphatic hydroxyl groups is 1. The smallest absolute Gasteiger partial charge is 0.416 e. The predicted octanol–water partition coefficient (Wildman–Crippen LogP) is 5.83. The number of halogens is 4. The van der Waals surface area contributed by atoms with Crippen LogP contribution in [0.25, 0.3) is 21.5 Å². The molecule has 0 aliphatic rings. The lowest BCUT2D eigenvalue weighted by Gasteiger charge is -2.05. The van der Waals surface area contributed by atoms with Crippen molar-refractivity contribution in [1.29, 1.82) is 5.26 Å². The van der Waals surface area contributed by atoms with Crippen LogP contribution in [0, 0.1) is 21.4 Å². The van der Waals surface area contributed by atoms with Crippen molar-refractivity contribution in [1.82, 2.24) is 4.98 Å². The van der Waals surface area contributed by atoms with Gasteiger partial charge in [-0.3, -0.25) is 10.1 Å². The molecule has 1 aromatic heterocycles. The van der Waals surface area contributed by atoms with E-state index in [1.807, 2.05) is 0 Å². The van der Waals surface area contributed by atoms with Crippen molar-refractivity contribution in [3.8, 4) is 6.07 Å². The molecular formula is C17H7ClF3N3O3S. The summed E-state index contributed by atoms with van der Waals surface area (Å²) in [4.78, 5) is 14.2. The van der Waals surface area contributed by atoms with E-state index in [-0.39, 0.29) is 32.4 Å². The molecule has 0 aliphatic heterocycles. The number of nitrogens with zero attached hydrogens (tertiary/aromatic N) is 3. The maximum absolute atomic E-state index is 12.8. The maximum atomic E-state index is 12.8. The fourth-order valence-corrected chi connectivity index (χ4v) is 3.50. The Balaban J connectivity index is 2.16. The lowest BCUT2D eigenvalue weighted by molar-refractivity contribution is -0.384. The molecule has 0 amide bonds. The standard InChI is InChI=1S/C17H7ClF3N3O3S/c18-12-3-2-9(24(26)27)6-10(12)15(25)11(7-22)16-23-13-5-8(17(19,20)21)1-4-14(13)28-16/h1-6,25H/b15-11-. The Morgan fingerprint density at radius 3 is 2.61 bits per heavy atom. The van der Waals surface area contributed by atoms with Gasteiger partial charge in [-0.15, -0.1) is 11.3 Å². The largest absolute Gasteiger partial charge is 0.506 e. The third-order valence-electron chi connectivity index (χ3n) is 3.69. The van der Waals surface area contributed by atoms with E-state index in [1.54, 1.807) is 6.07 Å². The van der Waals surface area contributed by atoms with Crippen molar-refractivity contribution >= 4 is 50.2 Å². The summed E-state index contributed by atoms with van der Waals surface area (Å²) < 4.78 is 38.9. The number of nitriles is 1. The molecule has 0 radical (unpaired) electrons. The van der Waals surface area contributed by atoms with E-state index >= 15 is 0 Å². The van der Waals surface area contributed by atoms with Crippen LogP contribution in [0.2, 0.25) is 5.02 Å². The first-order valence-corrected chi connectivity index (χ1v) is 8.57. The summed E-state index contributed by atoms with van der Waals surface area (Å²) in [7, 11) is 0. The van der Waals surface area contributed by atoms with E-state index in [0.29, 0.717) is 4.70 Å².